The molecule has 0 saturated heterocycles. The Morgan fingerprint density at radius 3 is 2.69 bits per heavy atom. The van der Waals surface area contributed by atoms with Gasteiger partial charge < -0.3 is 5.11 Å². The van der Waals surface area contributed by atoms with Crippen LogP contribution in [0.4, 0.5) is 0 Å². The van der Waals surface area contributed by atoms with Crippen LogP contribution in [-0.4, -0.2) is 20.7 Å². The first kappa shape index (κ1) is 9.15. The van der Waals surface area contributed by atoms with Crippen LogP contribution in [-0.2, 0) is 6.42 Å². The lowest BCUT2D eigenvalue weighted by molar-refractivity contribution is 0.0987. The van der Waals surface area contributed by atoms with Gasteiger partial charge in [-0.3, -0.25) is 4.79 Å². The van der Waals surface area contributed by atoms with Gasteiger partial charge in [0.25, 0.3) is 0 Å². The molecule has 4 heteroatoms. The van der Waals surface area contributed by atoms with Crippen LogP contribution in [0.2, 0.25) is 0 Å². The smallest absolute Gasteiger partial charge is 0.181 e. The molecule has 1 aromatic carbocycles. The van der Waals surface area contributed by atoms with Crippen LogP contribution >= 0.6 is 0 Å². The molecule has 3 rings (SSSR count). The molecule has 2 aromatic rings. The summed E-state index contributed by atoms with van der Waals surface area (Å²) >= 11 is 0. The third-order valence-corrected chi connectivity index (χ3v) is 2.82. The molecule has 0 bridgehead atoms. The number of aryl methyl sites for hydroxylation is 1. The van der Waals surface area contributed by atoms with Crippen molar-refractivity contribution < 1.29 is 9.90 Å². The lowest BCUT2D eigenvalue weighted by atomic mass is 10.2. The summed E-state index contributed by atoms with van der Waals surface area (Å²) in [6.07, 6.45) is 3.10. The molecule has 80 valence electrons. The first-order valence-electron chi connectivity index (χ1n) is 5.15. The van der Waals surface area contributed by atoms with E-state index in [1.165, 1.54) is 0 Å². The fourth-order valence-electron chi connectivity index (χ4n) is 2.02. The molecule has 0 fully saturated rings. The van der Waals surface area contributed by atoms with E-state index in [1.807, 2.05) is 0 Å². The molecule has 0 amide bonds. The summed E-state index contributed by atoms with van der Waals surface area (Å²) in [5.74, 6) is 0.347. The summed E-state index contributed by atoms with van der Waals surface area (Å²) in [5, 5.41) is 13.4. The molecular formula is C12H10N2O2. The molecule has 1 aliphatic rings. The van der Waals surface area contributed by atoms with Crippen LogP contribution in [0.3, 0.4) is 0 Å². The number of carbonyl (C=O) groups excluding carboxylic acids is 1. The fourth-order valence-corrected chi connectivity index (χ4v) is 2.02. The Labute approximate surface area is 92.1 Å². The van der Waals surface area contributed by atoms with E-state index in [0.717, 1.165) is 17.7 Å². The second-order valence-corrected chi connectivity index (χ2v) is 3.87. The average molecular weight is 214 g/mol. The summed E-state index contributed by atoms with van der Waals surface area (Å²) < 4.78 is 1.64. The predicted octanol–water partition coefficient (Wildman–Crippen LogP) is 1.71. The normalized spacial score (nSPS) is 14.1. The minimum atomic E-state index is 0.139. The van der Waals surface area contributed by atoms with E-state index < -0.39 is 0 Å². The largest absolute Gasteiger partial charge is 0.508 e. The number of phenolic OH excluding ortho intramolecular Hbond substituents is 1. The number of phenols is 1. The van der Waals surface area contributed by atoms with Gasteiger partial charge in [0, 0.05) is 12.0 Å². The topological polar surface area (TPSA) is 55.1 Å². The zero-order valence-electron chi connectivity index (χ0n) is 8.55. The quantitative estimate of drug-likeness (QED) is 0.786. The number of hydrogen-bond acceptors (Lipinski definition) is 3. The van der Waals surface area contributed by atoms with Crippen LogP contribution in [0.25, 0.3) is 5.69 Å². The van der Waals surface area contributed by atoms with Crippen molar-refractivity contribution in [1.82, 2.24) is 9.78 Å². The SMILES string of the molecule is O=C1CCc2cnn(-c3ccc(O)cc3)c21. The number of carbonyl (C=O) groups is 1. The van der Waals surface area contributed by atoms with Gasteiger partial charge in [-0.15, -0.1) is 0 Å². The minimum Gasteiger partial charge on any atom is -0.508 e. The molecule has 0 saturated carbocycles. The summed E-state index contributed by atoms with van der Waals surface area (Å²) in [5.41, 5.74) is 2.50. The molecule has 1 aromatic heterocycles. The number of fused-ring (bicyclic) bond motifs is 1. The van der Waals surface area contributed by atoms with Crippen LogP contribution in [0.5, 0.6) is 5.75 Å². The lowest BCUT2D eigenvalue weighted by Crippen LogP contribution is -2.05. The van der Waals surface area contributed by atoms with E-state index in [2.05, 4.69) is 5.10 Å². The Balaban J connectivity index is 2.14. The van der Waals surface area contributed by atoms with Crippen molar-refractivity contribution in [2.75, 3.05) is 0 Å². The summed E-state index contributed by atoms with van der Waals surface area (Å²) in [7, 11) is 0. The number of aromatic nitrogens is 2. The number of aromatic hydroxyl groups is 1. The summed E-state index contributed by atoms with van der Waals surface area (Å²) in [6, 6.07) is 6.66. The molecule has 16 heavy (non-hydrogen) atoms. The van der Waals surface area contributed by atoms with E-state index in [9.17, 15) is 9.90 Å². The van der Waals surface area contributed by atoms with Gasteiger partial charge in [0.15, 0.2) is 5.78 Å². The van der Waals surface area contributed by atoms with E-state index in [0.29, 0.717) is 12.1 Å². The molecule has 0 atom stereocenters. The van der Waals surface area contributed by atoms with Gasteiger partial charge in [0.1, 0.15) is 11.4 Å². The number of Topliss-reactive ketones (excluding diaryl/α,β-unsaturated/α-hetero) is 1. The molecule has 0 aliphatic heterocycles. The molecule has 1 heterocycles. The highest BCUT2D eigenvalue weighted by molar-refractivity contribution is 5.99. The minimum absolute atomic E-state index is 0.139. The molecule has 1 aliphatic carbocycles. The fraction of sp³-hybridized carbons (Fsp3) is 0.167. The number of nitrogens with zero attached hydrogens (tertiary/aromatic N) is 2. The van der Waals surface area contributed by atoms with Crippen molar-refractivity contribution in [3.63, 3.8) is 0 Å². The van der Waals surface area contributed by atoms with Crippen molar-refractivity contribution in [1.29, 1.82) is 0 Å². The number of ketones is 1. The van der Waals surface area contributed by atoms with E-state index >= 15 is 0 Å². The van der Waals surface area contributed by atoms with E-state index in [-0.39, 0.29) is 11.5 Å². The van der Waals surface area contributed by atoms with Crippen molar-refractivity contribution in [3.8, 4) is 11.4 Å². The van der Waals surface area contributed by atoms with E-state index in [1.54, 1.807) is 35.1 Å². The maximum absolute atomic E-state index is 11.7. The highest BCUT2D eigenvalue weighted by Crippen LogP contribution is 2.24. The third-order valence-electron chi connectivity index (χ3n) is 2.82. The van der Waals surface area contributed by atoms with Gasteiger partial charge in [0.2, 0.25) is 0 Å². The van der Waals surface area contributed by atoms with Crippen LogP contribution in [0.1, 0.15) is 22.5 Å². The van der Waals surface area contributed by atoms with E-state index in [4.69, 9.17) is 0 Å². The van der Waals surface area contributed by atoms with Crippen molar-refractivity contribution in [2.24, 2.45) is 0 Å². The van der Waals surface area contributed by atoms with Gasteiger partial charge in [-0.1, -0.05) is 0 Å². The molecular weight excluding hydrogens is 204 g/mol. The van der Waals surface area contributed by atoms with Gasteiger partial charge >= 0.3 is 0 Å². The van der Waals surface area contributed by atoms with Crippen LogP contribution in [0, 0.1) is 0 Å². The van der Waals surface area contributed by atoms with Gasteiger partial charge in [-0.2, -0.15) is 5.10 Å². The zero-order valence-corrected chi connectivity index (χ0v) is 8.55. The summed E-state index contributed by atoms with van der Waals surface area (Å²) in [4.78, 5) is 11.7. The molecule has 0 spiro atoms. The highest BCUT2D eigenvalue weighted by atomic mass is 16.3. The Morgan fingerprint density at radius 1 is 1.19 bits per heavy atom. The van der Waals surface area contributed by atoms with Gasteiger partial charge in [-0.05, 0) is 30.7 Å². The standard InChI is InChI=1S/C12H10N2O2/c15-10-4-2-9(3-5-10)14-12-8(7-13-14)1-6-11(12)16/h2-5,7,15H,1,6H2. The predicted molar refractivity (Wildman–Crippen MR) is 57.9 cm³/mol. The van der Waals surface area contributed by atoms with Crippen molar-refractivity contribution in [2.45, 2.75) is 12.8 Å². The lowest BCUT2D eigenvalue weighted by Gasteiger charge is -2.04. The Hall–Kier alpha value is -2.10. The average Bonchev–Trinajstić information content (AvgIpc) is 2.84. The van der Waals surface area contributed by atoms with Crippen LogP contribution < -0.4 is 0 Å². The first-order chi connectivity index (χ1) is 7.75. The maximum atomic E-state index is 11.7. The van der Waals surface area contributed by atoms with Gasteiger partial charge in [0.05, 0.1) is 11.9 Å². The Bertz CT molecular complexity index is 555. The molecule has 4 nitrogen and oxygen atoms in total. The first-order valence-corrected chi connectivity index (χ1v) is 5.15. The molecule has 1 N–H and O–H groups in total. The van der Waals surface area contributed by atoms with Gasteiger partial charge in [-0.25, -0.2) is 4.68 Å². The van der Waals surface area contributed by atoms with Crippen molar-refractivity contribution in [3.05, 3.63) is 41.7 Å². The van der Waals surface area contributed by atoms with Crippen LogP contribution in [0.15, 0.2) is 30.5 Å². The zero-order chi connectivity index (χ0) is 11.1. The summed E-state index contributed by atoms with van der Waals surface area (Å²) in [6.45, 7) is 0. The number of benzene rings is 1. The number of hydrogen-bond donors (Lipinski definition) is 1. The Morgan fingerprint density at radius 2 is 1.94 bits per heavy atom. The monoisotopic (exact) mass is 214 g/mol. The third kappa shape index (κ3) is 1.23. The number of rotatable bonds is 1. The second-order valence-electron chi connectivity index (χ2n) is 3.87. The maximum Gasteiger partial charge on any atom is 0.181 e. The molecule has 0 unspecified atom stereocenters. The second kappa shape index (κ2) is 3.20. The van der Waals surface area contributed by atoms with Crippen molar-refractivity contribution >= 4 is 5.78 Å². The highest BCUT2D eigenvalue weighted by Gasteiger charge is 2.25. The molecule has 0 radical (unpaired) electrons. The Kier molecular flexibility index (Phi) is 1.83.